The summed E-state index contributed by atoms with van der Waals surface area (Å²) in [5.74, 6) is -0.287. The van der Waals surface area contributed by atoms with Gasteiger partial charge in [0.1, 0.15) is 4.32 Å². The van der Waals surface area contributed by atoms with Gasteiger partial charge in [0.15, 0.2) is 0 Å². The first-order valence-corrected chi connectivity index (χ1v) is 7.42. The van der Waals surface area contributed by atoms with Crippen molar-refractivity contribution in [3.8, 4) is 0 Å². The van der Waals surface area contributed by atoms with Crippen LogP contribution < -0.4 is 10.8 Å². The number of carbonyl (C=O) groups is 1. The number of rotatable bonds is 11. The molecule has 3 N–H and O–H groups in total. The molecule has 0 aliphatic heterocycles. The number of nitrogens with one attached hydrogen (secondary N) is 2. The molecule has 0 aliphatic carbocycles. The molecule has 0 spiro atoms. The minimum atomic E-state index is -0.287. The normalized spacial score (nSPS) is 10.1. The first kappa shape index (κ1) is 17.7. The standard InChI is InChI=1S/C12H24N2O2S2/c15-11(14-16)9-7-5-3-1-2-4-6-8-10-13-12(17)18/h16H,1-10H2,(H,14,15)(H2,13,17,18). The molecule has 0 rings (SSSR count). The van der Waals surface area contributed by atoms with E-state index in [0.717, 1.165) is 32.2 Å². The number of hydrogen-bond donors (Lipinski definition) is 4. The van der Waals surface area contributed by atoms with Crippen molar-refractivity contribution in [2.24, 2.45) is 0 Å². The quantitative estimate of drug-likeness (QED) is 0.155. The van der Waals surface area contributed by atoms with Crippen molar-refractivity contribution < 1.29 is 10.0 Å². The third kappa shape index (κ3) is 13.7. The lowest BCUT2D eigenvalue weighted by Gasteiger charge is -2.03. The summed E-state index contributed by atoms with van der Waals surface area (Å²) in [6.45, 7) is 0.915. The molecule has 4 nitrogen and oxygen atoms in total. The fourth-order valence-electron chi connectivity index (χ4n) is 1.72. The number of thiol groups is 1. The van der Waals surface area contributed by atoms with E-state index in [1.807, 2.05) is 0 Å². The summed E-state index contributed by atoms with van der Waals surface area (Å²) in [7, 11) is 0. The maximum absolute atomic E-state index is 10.7. The van der Waals surface area contributed by atoms with Gasteiger partial charge in [-0.2, -0.15) is 0 Å². The zero-order valence-electron chi connectivity index (χ0n) is 10.8. The van der Waals surface area contributed by atoms with Crippen LogP contribution in [0.1, 0.15) is 57.8 Å². The SMILES string of the molecule is O=C(CCCCCCCCCCNC(=S)S)NO. The molecule has 18 heavy (non-hydrogen) atoms. The average molecular weight is 292 g/mol. The third-order valence-corrected chi connectivity index (χ3v) is 3.03. The molecule has 0 saturated heterocycles. The van der Waals surface area contributed by atoms with E-state index in [-0.39, 0.29) is 5.91 Å². The highest BCUT2D eigenvalue weighted by Gasteiger charge is 1.98. The molecule has 0 fully saturated rings. The van der Waals surface area contributed by atoms with E-state index in [4.69, 9.17) is 17.4 Å². The summed E-state index contributed by atoms with van der Waals surface area (Å²) in [5.41, 5.74) is 1.64. The lowest BCUT2D eigenvalue weighted by atomic mass is 10.1. The molecule has 0 saturated carbocycles. The molecule has 0 bridgehead atoms. The number of thiocarbonyl (C=S) groups is 1. The highest BCUT2D eigenvalue weighted by atomic mass is 32.1. The highest BCUT2D eigenvalue weighted by Crippen LogP contribution is 2.09. The second kappa shape index (κ2) is 13.1. The van der Waals surface area contributed by atoms with Crippen LogP contribution in [0.25, 0.3) is 0 Å². The van der Waals surface area contributed by atoms with E-state index >= 15 is 0 Å². The molecule has 0 heterocycles. The van der Waals surface area contributed by atoms with Crippen molar-refractivity contribution in [1.29, 1.82) is 0 Å². The summed E-state index contributed by atoms with van der Waals surface area (Å²) < 4.78 is 0.571. The predicted octanol–water partition coefficient (Wildman–Crippen LogP) is 2.81. The van der Waals surface area contributed by atoms with Gasteiger partial charge in [-0.3, -0.25) is 10.0 Å². The molecule has 0 aromatic rings. The summed E-state index contributed by atoms with van der Waals surface area (Å²) in [6.07, 6.45) is 9.57. The molecule has 0 radical (unpaired) electrons. The maximum Gasteiger partial charge on any atom is 0.243 e. The first-order valence-electron chi connectivity index (χ1n) is 6.56. The van der Waals surface area contributed by atoms with Crippen LogP contribution in [0.3, 0.4) is 0 Å². The van der Waals surface area contributed by atoms with Crippen molar-refractivity contribution in [2.75, 3.05) is 6.54 Å². The second-order valence-corrected chi connectivity index (χ2v) is 5.50. The number of carbonyl (C=O) groups excluding carboxylic acids is 1. The van der Waals surface area contributed by atoms with Crippen LogP contribution in [0.15, 0.2) is 0 Å². The van der Waals surface area contributed by atoms with Crippen LogP contribution in [0, 0.1) is 0 Å². The van der Waals surface area contributed by atoms with E-state index in [1.54, 1.807) is 5.48 Å². The molecule has 106 valence electrons. The Hall–Kier alpha value is -0.330. The van der Waals surface area contributed by atoms with Crippen LogP contribution in [0.5, 0.6) is 0 Å². The van der Waals surface area contributed by atoms with E-state index < -0.39 is 0 Å². The topological polar surface area (TPSA) is 61.4 Å². The zero-order chi connectivity index (χ0) is 13.6. The van der Waals surface area contributed by atoms with E-state index in [2.05, 4.69) is 17.9 Å². The van der Waals surface area contributed by atoms with Gasteiger partial charge in [0, 0.05) is 13.0 Å². The van der Waals surface area contributed by atoms with Crippen molar-refractivity contribution in [2.45, 2.75) is 57.8 Å². The van der Waals surface area contributed by atoms with Gasteiger partial charge < -0.3 is 5.32 Å². The number of hydrogen-bond acceptors (Lipinski definition) is 3. The number of unbranched alkanes of at least 4 members (excludes halogenated alkanes) is 7. The van der Waals surface area contributed by atoms with Gasteiger partial charge in [-0.1, -0.05) is 50.7 Å². The largest absolute Gasteiger partial charge is 0.371 e. The molecule has 0 aromatic carbocycles. The minimum Gasteiger partial charge on any atom is -0.371 e. The molecule has 1 amide bonds. The Morgan fingerprint density at radius 1 is 1.00 bits per heavy atom. The number of amides is 1. The van der Waals surface area contributed by atoms with Gasteiger partial charge in [-0.05, 0) is 12.8 Å². The van der Waals surface area contributed by atoms with Crippen LogP contribution in [0.2, 0.25) is 0 Å². The molecular formula is C12H24N2O2S2. The fourth-order valence-corrected chi connectivity index (χ4v) is 1.94. The molecular weight excluding hydrogens is 268 g/mol. The predicted molar refractivity (Wildman–Crippen MR) is 81.1 cm³/mol. The van der Waals surface area contributed by atoms with Crippen molar-refractivity contribution in [3.63, 3.8) is 0 Å². The second-order valence-electron chi connectivity index (χ2n) is 4.35. The lowest BCUT2D eigenvalue weighted by molar-refractivity contribution is -0.129. The summed E-state index contributed by atoms with van der Waals surface area (Å²) in [4.78, 5) is 10.7. The van der Waals surface area contributed by atoms with Crippen molar-refractivity contribution in [3.05, 3.63) is 0 Å². The molecule has 6 heteroatoms. The Morgan fingerprint density at radius 2 is 1.50 bits per heavy atom. The Balaban J connectivity index is 3.03. The van der Waals surface area contributed by atoms with Crippen LogP contribution in [-0.2, 0) is 4.79 Å². The van der Waals surface area contributed by atoms with Gasteiger partial charge in [0.05, 0.1) is 0 Å². The minimum absolute atomic E-state index is 0.287. The van der Waals surface area contributed by atoms with Gasteiger partial charge in [0.2, 0.25) is 5.91 Å². The Morgan fingerprint density at radius 3 is 2.00 bits per heavy atom. The van der Waals surface area contributed by atoms with Gasteiger partial charge in [-0.25, -0.2) is 5.48 Å². The van der Waals surface area contributed by atoms with E-state index in [1.165, 1.54) is 25.7 Å². The lowest BCUT2D eigenvalue weighted by Crippen LogP contribution is -2.17. The molecule has 0 unspecified atom stereocenters. The van der Waals surface area contributed by atoms with Gasteiger partial charge in [0.25, 0.3) is 0 Å². The highest BCUT2D eigenvalue weighted by molar-refractivity contribution is 8.11. The first-order chi connectivity index (χ1) is 8.66. The summed E-state index contributed by atoms with van der Waals surface area (Å²) >= 11 is 8.78. The summed E-state index contributed by atoms with van der Waals surface area (Å²) in [6, 6.07) is 0. The van der Waals surface area contributed by atoms with Gasteiger partial charge >= 0.3 is 0 Å². The van der Waals surface area contributed by atoms with Crippen molar-refractivity contribution >= 4 is 35.1 Å². The van der Waals surface area contributed by atoms with Crippen molar-refractivity contribution in [1.82, 2.24) is 10.8 Å². The van der Waals surface area contributed by atoms with Crippen LogP contribution >= 0.6 is 24.8 Å². The van der Waals surface area contributed by atoms with Crippen LogP contribution in [-0.4, -0.2) is 22.0 Å². The Labute approximate surface area is 120 Å². The maximum atomic E-state index is 10.7. The molecule has 0 aliphatic rings. The Kier molecular flexibility index (Phi) is 12.9. The third-order valence-electron chi connectivity index (χ3n) is 2.73. The summed E-state index contributed by atoms with van der Waals surface area (Å²) in [5, 5.41) is 11.3. The van der Waals surface area contributed by atoms with Crippen LogP contribution in [0.4, 0.5) is 0 Å². The fraction of sp³-hybridized carbons (Fsp3) is 0.833. The monoisotopic (exact) mass is 292 g/mol. The number of hydroxylamine groups is 1. The average Bonchev–Trinajstić information content (AvgIpc) is 2.35. The molecule has 0 atom stereocenters. The van der Waals surface area contributed by atoms with E-state index in [0.29, 0.717) is 10.7 Å². The Bertz CT molecular complexity index is 238. The zero-order valence-corrected chi connectivity index (χ0v) is 12.5. The van der Waals surface area contributed by atoms with E-state index in [9.17, 15) is 4.79 Å². The molecule has 0 aromatic heterocycles. The van der Waals surface area contributed by atoms with Gasteiger partial charge in [-0.15, -0.1) is 12.6 Å². The smallest absolute Gasteiger partial charge is 0.243 e.